The second kappa shape index (κ2) is 6.66. The molecule has 0 N–H and O–H groups in total. The molecule has 0 unspecified atom stereocenters. The first-order valence-electron chi connectivity index (χ1n) is 6.88. The van der Waals surface area contributed by atoms with Crippen LogP contribution in [0.15, 0.2) is 33.8 Å². The molecule has 120 valence electrons. The monoisotopic (exact) mass is 351 g/mol. The van der Waals surface area contributed by atoms with Crippen LogP contribution in [0.5, 0.6) is 0 Å². The van der Waals surface area contributed by atoms with Gasteiger partial charge < -0.3 is 13.8 Å². The molecule has 0 fully saturated rings. The van der Waals surface area contributed by atoms with Crippen LogP contribution in [0.25, 0.3) is 10.2 Å². The summed E-state index contributed by atoms with van der Waals surface area (Å²) in [6.45, 7) is 2.84. The van der Waals surface area contributed by atoms with E-state index >= 15 is 0 Å². The van der Waals surface area contributed by atoms with Crippen LogP contribution >= 0.6 is 22.9 Å². The standard InChI is InChI=1S/C15H14ClN3O3S/c1-9-7-12(22-18-9)14(20)17-15-19(5-6-21-2)11-4-3-10(16)8-13(11)23-15/h3-4,7-8H,5-6H2,1-2H3. The number of thiazole rings is 1. The second-order valence-electron chi connectivity index (χ2n) is 4.89. The Bertz CT molecular complexity index is 926. The Morgan fingerprint density at radius 1 is 1.48 bits per heavy atom. The van der Waals surface area contributed by atoms with Crippen LogP contribution < -0.4 is 4.80 Å². The first-order valence-corrected chi connectivity index (χ1v) is 8.08. The molecule has 0 aliphatic rings. The molecule has 1 amide bonds. The van der Waals surface area contributed by atoms with Crippen molar-refractivity contribution in [2.75, 3.05) is 13.7 Å². The lowest BCUT2D eigenvalue weighted by Gasteiger charge is -2.03. The SMILES string of the molecule is COCCn1c(=NC(=O)c2cc(C)no2)sc2cc(Cl)ccc21. The molecule has 0 aliphatic heterocycles. The second-order valence-corrected chi connectivity index (χ2v) is 6.34. The maximum atomic E-state index is 12.2. The minimum Gasteiger partial charge on any atom is -0.383 e. The molecular weight excluding hydrogens is 338 g/mol. The lowest BCUT2D eigenvalue weighted by atomic mass is 10.3. The van der Waals surface area contributed by atoms with Gasteiger partial charge in [-0.05, 0) is 25.1 Å². The quantitative estimate of drug-likeness (QED) is 0.724. The van der Waals surface area contributed by atoms with E-state index in [4.69, 9.17) is 20.9 Å². The summed E-state index contributed by atoms with van der Waals surface area (Å²) < 4.78 is 13.0. The van der Waals surface area contributed by atoms with Crippen molar-refractivity contribution in [1.29, 1.82) is 0 Å². The molecule has 6 nitrogen and oxygen atoms in total. The van der Waals surface area contributed by atoms with Crippen LogP contribution in [0.3, 0.4) is 0 Å². The molecule has 0 aliphatic carbocycles. The molecule has 23 heavy (non-hydrogen) atoms. The third-order valence-electron chi connectivity index (χ3n) is 3.20. The summed E-state index contributed by atoms with van der Waals surface area (Å²) in [6.07, 6.45) is 0. The van der Waals surface area contributed by atoms with Gasteiger partial charge in [-0.15, -0.1) is 0 Å². The number of aromatic nitrogens is 2. The van der Waals surface area contributed by atoms with Crippen molar-refractivity contribution in [2.24, 2.45) is 4.99 Å². The van der Waals surface area contributed by atoms with Crippen molar-refractivity contribution in [1.82, 2.24) is 9.72 Å². The third-order valence-corrected chi connectivity index (χ3v) is 4.48. The van der Waals surface area contributed by atoms with Crippen molar-refractivity contribution < 1.29 is 14.1 Å². The first kappa shape index (κ1) is 15.9. The average molecular weight is 352 g/mol. The van der Waals surface area contributed by atoms with E-state index in [1.165, 1.54) is 11.3 Å². The Morgan fingerprint density at radius 3 is 3.00 bits per heavy atom. The molecule has 3 rings (SSSR count). The summed E-state index contributed by atoms with van der Waals surface area (Å²) in [5.41, 5.74) is 1.59. The highest BCUT2D eigenvalue weighted by molar-refractivity contribution is 7.16. The van der Waals surface area contributed by atoms with E-state index in [-0.39, 0.29) is 5.76 Å². The molecular formula is C15H14ClN3O3S. The van der Waals surface area contributed by atoms with Gasteiger partial charge >= 0.3 is 5.91 Å². The van der Waals surface area contributed by atoms with Crippen molar-refractivity contribution in [3.63, 3.8) is 0 Å². The van der Waals surface area contributed by atoms with Crippen molar-refractivity contribution in [3.05, 3.63) is 45.5 Å². The Kier molecular flexibility index (Phi) is 4.61. The number of rotatable bonds is 4. The van der Waals surface area contributed by atoms with Gasteiger partial charge in [0.2, 0.25) is 5.76 Å². The van der Waals surface area contributed by atoms with Gasteiger partial charge in [-0.2, -0.15) is 4.99 Å². The molecule has 1 aromatic carbocycles. The number of carbonyl (C=O) groups is 1. The zero-order valence-corrected chi connectivity index (χ0v) is 14.1. The third kappa shape index (κ3) is 3.36. The van der Waals surface area contributed by atoms with Gasteiger partial charge in [-0.25, -0.2) is 0 Å². The van der Waals surface area contributed by atoms with Crippen molar-refractivity contribution in [2.45, 2.75) is 13.5 Å². The lowest BCUT2D eigenvalue weighted by Crippen LogP contribution is -2.19. The molecule has 0 radical (unpaired) electrons. The van der Waals surface area contributed by atoms with E-state index < -0.39 is 5.91 Å². The summed E-state index contributed by atoms with van der Waals surface area (Å²) >= 11 is 7.43. The van der Waals surface area contributed by atoms with Gasteiger partial charge in [0.25, 0.3) is 0 Å². The van der Waals surface area contributed by atoms with E-state index in [1.807, 2.05) is 22.8 Å². The molecule has 2 heterocycles. The first-order chi connectivity index (χ1) is 11.1. The highest BCUT2D eigenvalue weighted by Gasteiger charge is 2.13. The zero-order chi connectivity index (χ0) is 16.4. The average Bonchev–Trinajstić information content (AvgIpc) is 3.08. The summed E-state index contributed by atoms with van der Waals surface area (Å²) in [7, 11) is 1.63. The van der Waals surface area contributed by atoms with Crippen LogP contribution in [0.4, 0.5) is 0 Å². The highest BCUT2D eigenvalue weighted by atomic mass is 35.5. The molecule has 0 saturated heterocycles. The van der Waals surface area contributed by atoms with Gasteiger partial charge in [0.15, 0.2) is 4.80 Å². The predicted molar refractivity (Wildman–Crippen MR) is 87.8 cm³/mol. The van der Waals surface area contributed by atoms with Crippen LogP contribution in [-0.4, -0.2) is 29.3 Å². The largest absolute Gasteiger partial charge is 0.383 e. The molecule has 0 spiro atoms. The number of amides is 1. The van der Waals surface area contributed by atoms with E-state index in [1.54, 1.807) is 20.1 Å². The van der Waals surface area contributed by atoms with Gasteiger partial charge in [0, 0.05) is 24.7 Å². The number of hydrogen-bond donors (Lipinski definition) is 0. The Hall–Kier alpha value is -1.96. The summed E-state index contributed by atoms with van der Waals surface area (Å²) in [4.78, 5) is 17.0. The molecule has 8 heteroatoms. The van der Waals surface area contributed by atoms with Gasteiger partial charge in [-0.3, -0.25) is 4.79 Å². The number of aryl methyl sites for hydroxylation is 1. The van der Waals surface area contributed by atoms with Gasteiger partial charge in [0.1, 0.15) is 0 Å². The zero-order valence-electron chi connectivity index (χ0n) is 12.6. The Balaban J connectivity index is 2.11. The maximum Gasteiger partial charge on any atom is 0.318 e. The lowest BCUT2D eigenvalue weighted by molar-refractivity contribution is 0.0962. The number of fused-ring (bicyclic) bond motifs is 1. The van der Waals surface area contributed by atoms with E-state index in [9.17, 15) is 4.79 Å². The van der Waals surface area contributed by atoms with E-state index in [2.05, 4.69) is 10.1 Å². The van der Waals surface area contributed by atoms with Crippen LogP contribution in [-0.2, 0) is 11.3 Å². The summed E-state index contributed by atoms with van der Waals surface area (Å²) in [6, 6.07) is 7.14. The molecule has 2 aromatic heterocycles. The van der Waals surface area contributed by atoms with Gasteiger partial charge in [0.05, 0.1) is 22.5 Å². The van der Waals surface area contributed by atoms with E-state index in [0.717, 1.165) is 10.2 Å². The van der Waals surface area contributed by atoms with Crippen LogP contribution in [0.2, 0.25) is 5.02 Å². The fraction of sp³-hybridized carbons (Fsp3) is 0.267. The number of halogens is 1. The molecule has 0 atom stereocenters. The minimum atomic E-state index is -0.464. The Morgan fingerprint density at radius 2 is 2.30 bits per heavy atom. The minimum absolute atomic E-state index is 0.122. The number of ether oxygens (including phenoxy) is 1. The van der Waals surface area contributed by atoms with E-state index in [0.29, 0.717) is 28.7 Å². The van der Waals surface area contributed by atoms with Crippen LogP contribution in [0.1, 0.15) is 16.2 Å². The highest BCUT2D eigenvalue weighted by Crippen LogP contribution is 2.22. The van der Waals surface area contributed by atoms with Crippen LogP contribution in [0, 0.1) is 6.92 Å². The molecule has 0 saturated carbocycles. The smallest absolute Gasteiger partial charge is 0.318 e. The fourth-order valence-electron chi connectivity index (χ4n) is 2.14. The normalized spacial score (nSPS) is 12.2. The number of carbonyl (C=O) groups excluding carboxylic acids is 1. The van der Waals surface area contributed by atoms with Gasteiger partial charge in [-0.1, -0.05) is 28.1 Å². The maximum absolute atomic E-state index is 12.2. The molecule has 0 bridgehead atoms. The number of benzene rings is 1. The fourth-order valence-corrected chi connectivity index (χ4v) is 3.47. The summed E-state index contributed by atoms with van der Waals surface area (Å²) in [5.74, 6) is -0.342. The van der Waals surface area contributed by atoms with Crippen molar-refractivity contribution >= 4 is 39.1 Å². The number of nitrogens with zero attached hydrogens (tertiary/aromatic N) is 3. The predicted octanol–water partition coefficient (Wildman–Crippen LogP) is 3.04. The number of hydrogen-bond acceptors (Lipinski definition) is 5. The number of methoxy groups -OCH3 is 1. The van der Waals surface area contributed by atoms with Crippen molar-refractivity contribution in [3.8, 4) is 0 Å². The Labute approximate surface area is 141 Å². The summed E-state index contributed by atoms with van der Waals surface area (Å²) in [5, 5.41) is 4.35. The topological polar surface area (TPSA) is 69.6 Å². The molecule has 3 aromatic rings.